The van der Waals surface area contributed by atoms with Gasteiger partial charge in [0.25, 0.3) is 0 Å². The summed E-state index contributed by atoms with van der Waals surface area (Å²) in [4.78, 5) is 15.7. The molecule has 0 saturated heterocycles. The lowest BCUT2D eigenvalue weighted by Crippen LogP contribution is -2.07. The minimum Gasteiger partial charge on any atom is -0.466 e. The Hall–Kier alpha value is -1.14. The zero-order valence-corrected chi connectivity index (χ0v) is 13.0. The van der Waals surface area contributed by atoms with Crippen LogP contribution in [0.5, 0.6) is 0 Å². The van der Waals surface area contributed by atoms with Crippen LogP contribution >= 0.6 is 27.3 Å². The molecule has 1 aromatic heterocycles. The summed E-state index contributed by atoms with van der Waals surface area (Å²) in [6.45, 7) is 2.98. The fraction of sp³-hybridized carbons (Fsp3) is 0.385. The molecule has 0 aliphatic heterocycles. The molecule has 102 valence electrons. The van der Waals surface area contributed by atoms with E-state index in [9.17, 15) is 4.79 Å². The number of rotatable bonds is 6. The van der Waals surface area contributed by atoms with Crippen molar-refractivity contribution in [2.24, 2.45) is 0 Å². The Morgan fingerprint density at radius 3 is 3.16 bits per heavy atom. The van der Waals surface area contributed by atoms with E-state index >= 15 is 0 Å². The van der Waals surface area contributed by atoms with Crippen LogP contribution in [0.25, 0.3) is 10.2 Å². The van der Waals surface area contributed by atoms with Crippen LogP contribution in [-0.2, 0) is 9.53 Å². The second-order valence-corrected chi connectivity index (χ2v) is 5.91. The van der Waals surface area contributed by atoms with Crippen molar-refractivity contribution in [1.29, 1.82) is 0 Å². The molecule has 0 atom stereocenters. The van der Waals surface area contributed by atoms with Crippen LogP contribution in [-0.4, -0.2) is 24.1 Å². The van der Waals surface area contributed by atoms with Crippen molar-refractivity contribution in [3.63, 3.8) is 0 Å². The summed E-state index contributed by atoms with van der Waals surface area (Å²) in [6, 6.07) is 6.04. The van der Waals surface area contributed by atoms with Gasteiger partial charge >= 0.3 is 5.97 Å². The first-order chi connectivity index (χ1) is 9.19. The number of fused-ring (bicyclic) bond motifs is 1. The largest absolute Gasteiger partial charge is 0.466 e. The number of ether oxygens (including phenoxy) is 1. The predicted octanol–water partition coefficient (Wildman–Crippen LogP) is 3.81. The average molecular weight is 343 g/mol. The Kier molecular flexibility index (Phi) is 5.15. The van der Waals surface area contributed by atoms with Gasteiger partial charge in [0.2, 0.25) is 0 Å². The third-order valence-electron chi connectivity index (χ3n) is 2.49. The molecule has 1 heterocycles. The van der Waals surface area contributed by atoms with Gasteiger partial charge in [-0.2, -0.15) is 0 Å². The van der Waals surface area contributed by atoms with Gasteiger partial charge in [0.1, 0.15) is 0 Å². The molecule has 1 N–H and O–H groups in total. The first kappa shape index (κ1) is 14.3. The van der Waals surface area contributed by atoms with Crippen molar-refractivity contribution >= 4 is 48.6 Å². The van der Waals surface area contributed by atoms with Crippen molar-refractivity contribution in [3.8, 4) is 0 Å². The summed E-state index contributed by atoms with van der Waals surface area (Å²) in [7, 11) is 0. The Labute approximate surface area is 124 Å². The van der Waals surface area contributed by atoms with Gasteiger partial charge in [-0.3, -0.25) is 4.79 Å². The molecule has 0 aliphatic carbocycles. The van der Waals surface area contributed by atoms with E-state index in [-0.39, 0.29) is 5.97 Å². The first-order valence-corrected chi connectivity index (χ1v) is 7.75. The Morgan fingerprint density at radius 1 is 1.53 bits per heavy atom. The molecule has 2 rings (SSSR count). The summed E-state index contributed by atoms with van der Waals surface area (Å²) in [5.41, 5.74) is 0.979. The van der Waals surface area contributed by atoms with Crippen molar-refractivity contribution in [1.82, 2.24) is 4.98 Å². The van der Waals surface area contributed by atoms with Gasteiger partial charge in [-0.25, -0.2) is 4.98 Å². The molecule has 6 heteroatoms. The Morgan fingerprint density at radius 2 is 2.37 bits per heavy atom. The van der Waals surface area contributed by atoms with Gasteiger partial charge in [-0.15, -0.1) is 0 Å². The zero-order valence-electron chi connectivity index (χ0n) is 10.6. The number of aromatic nitrogens is 1. The average Bonchev–Trinajstić information content (AvgIpc) is 2.77. The van der Waals surface area contributed by atoms with Crippen molar-refractivity contribution in [2.75, 3.05) is 18.5 Å². The number of carbonyl (C=O) groups excluding carboxylic acids is 1. The molecular formula is C13H15BrN2O2S. The van der Waals surface area contributed by atoms with E-state index in [1.807, 2.05) is 25.1 Å². The van der Waals surface area contributed by atoms with Crippen LogP contribution in [0, 0.1) is 0 Å². The van der Waals surface area contributed by atoms with Crippen molar-refractivity contribution in [3.05, 3.63) is 22.7 Å². The quantitative estimate of drug-likeness (QED) is 0.640. The van der Waals surface area contributed by atoms with Gasteiger partial charge in [0.15, 0.2) is 5.13 Å². The number of nitrogens with zero attached hydrogens (tertiary/aromatic N) is 1. The van der Waals surface area contributed by atoms with Gasteiger partial charge in [0.05, 0.1) is 16.8 Å². The van der Waals surface area contributed by atoms with Crippen LogP contribution in [0.1, 0.15) is 19.8 Å². The summed E-state index contributed by atoms with van der Waals surface area (Å²) < 4.78 is 7.05. The second-order valence-electron chi connectivity index (χ2n) is 3.97. The maximum atomic E-state index is 11.2. The number of benzene rings is 1. The summed E-state index contributed by atoms with van der Waals surface area (Å²) in [5, 5.41) is 4.12. The van der Waals surface area contributed by atoms with Gasteiger partial charge in [0, 0.05) is 17.4 Å². The lowest BCUT2D eigenvalue weighted by molar-refractivity contribution is -0.143. The number of esters is 1. The number of anilines is 1. The fourth-order valence-electron chi connectivity index (χ4n) is 1.64. The molecule has 0 unspecified atom stereocenters. The van der Waals surface area contributed by atoms with E-state index in [1.165, 1.54) is 0 Å². The summed E-state index contributed by atoms with van der Waals surface area (Å²) >= 11 is 5.04. The van der Waals surface area contributed by atoms with E-state index in [4.69, 9.17) is 4.74 Å². The first-order valence-electron chi connectivity index (χ1n) is 6.14. The number of hydrogen-bond donors (Lipinski definition) is 1. The number of halogens is 1. The van der Waals surface area contributed by atoms with Crippen LogP contribution in [0.3, 0.4) is 0 Å². The molecule has 0 aliphatic rings. The molecule has 4 nitrogen and oxygen atoms in total. The molecule has 0 bridgehead atoms. The second kappa shape index (κ2) is 6.86. The van der Waals surface area contributed by atoms with E-state index < -0.39 is 0 Å². The van der Waals surface area contributed by atoms with Crippen LogP contribution in [0.2, 0.25) is 0 Å². The highest BCUT2D eigenvalue weighted by atomic mass is 79.9. The number of nitrogens with one attached hydrogen (secondary N) is 1. The number of hydrogen-bond acceptors (Lipinski definition) is 5. The summed E-state index contributed by atoms with van der Waals surface area (Å²) in [6.07, 6.45) is 1.19. The Bertz CT molecular complexity index is 571. The lowest BCUT2D eigenvalue weighted by atomic mass is 10.3. The van der Waals surface area contributed by atoms with E-state index in [2.05, 4.69) is 26.2 Å². The third kappa shape index (κ3) is 4.18. The molecule has 1 aromatic carbocycles. The molecule has 2 aromatic rings. The van der Waals surface area contributed by atoms with Crippen LogP contribution < -0.4 is 5.32 Å². The van der Waals surface area contributed by atoms with Crippen molar-refractivity contribution in [2.45, 2.75) is 19.8 Å². The van der Waals surface area contributed by atoms with Crippen molar-refractivity contribution < 1.29 is 9.53 Å². The lowest BCUT2D eigenvalue weighted by Gasteiger charge is -2.02. The smallest absolute Gasteiger partial charge is 0.305 e. The maximum Gasteiger partial charge on any atom is 0.305 e. The topological polar surface area (TPSA) is 51.2 Å². The minimum absolute atomic E-state index is 0.141. The number of thiazole rings is 1. The van der Waals surface area contributed by atoms with Crippen LogP contribution in [0.15, 0.2) is 22.7 Å². The minimum atomic E-state index is -0.141. The number of carbonyl (C=O) groups is 1. The highest BCUT2D eigenvalue weighted by Crippen LogP contribution is 2.28. The predicted molar refractivity (Wildman–Crippen MR) is 81.7 cm³/mol. The maximum absolute atomic E-state index is 11.2. The standard InChI is InChI=1S/C13H15BrN2O2S/c1-2-18-12(17)4-3-7-15-13-16-10-8-9(14)5-6-11(10)19-13/h5-6,8H,2-4,7H2,1H3,(H,15,16). The molecular weight excluding hydrogens is 328 g/mol. The monoisotopic (exact) mass is 342 g/mol. The van der Waals surface area contributed by atoms with Gasteiger partial charge in [-0.1, -0.05) is 27.3 Å². The molecule has 19 heavy (non-hydrogen) atoms. The molecule has 0 saturated carbocycles. The highest BCUT2D eigenvalue weighted by Gasteiger charge is 2.05. The van der Waals surface area contributed by atoms with E-state index in [0.29, 0.717) is 13.0 Å². The molecule has 0 radical (unpaired) electrons. The molecule has 0 amide bonds. The van der Waals surface area contributed by atoms with Gasteiger partial charge < -0.3 is 10.1 Å². The zero-order chi connectivity index (χ0) is 13.7. The molecule has 0 spiro atoms. The van der Waals surface area contributed by atoms with Gasteiger partial charge in [-0.05, 0) is 31.5 Å². The normalized spacial score (nSPS) is 10.6. The fourth-order valence-corrected chi connectivity index (χ4v) is 2.86. The summed E-state index contributed by atoms with van der Waals surface area (Å²) in [5.74, 6) is -0.141. The van der Waals surface area contributed by atoms with E-state index in [0.717, 1.165) is 32.8 Å². The third-order valence-corrected chi connectivity index (χ3v) is 3.98. The highest BCUT2D eigenvalue weighted by molar-refractivity contribution is 9.10. The van der Waals surface area contributed by atoms with Crippen LogP contribution in [0.4, 0.5) is 5.13 Å². The van der Waals surface area contributed by atoms with E-state index in [1.54, 1.807) is 11.3 Å². The SMILES string of the molecule is CCOC(=O)CCCNc1nc2cc(Br)ccc2s1. The molecule has 0 fully saturated rings. The Balaban J connectivity index is 1.83.